The van der Waals surface area contributed by atoms with Crippen LogP contribution in [-0.4, -0.2) is 78.1 Å². The number of likely N-dealkylation sites (tertiary alicyclic amines) is 1. The summed E-state index contributed by atoms with van der Waals surface area (Å²) in [5.41, 5.74) is 5.29. The number of Topliss-reactive ketones (excluding diaryl/α,β-unsaturated/α-hetero) is 1. The van der Waals surface area contributed by atoms with Gasteiger partial charge in [-0.15, -0.1) is 0 Å². The van der Waals surface area contributed by atoms with Crippen molar-refractivity contribution in [1.82, 2.24) is 14.8 Å². The zero-order valence-corrected chi connectivity index (χ0v) is 30.2. The minimum absolute atomic E-state index is 0.288. The first-order valence-electron chi connectivity index (χ1n) is 18.1. The zero-order valence-electron chi connectivity index (χ0n) is 30.2. The van der Waals surface area contributed by atoms with Gasteiger partial charge < -0.3 is 25.2 Å². The van der Waals surface area contributed by atoms with E-state index < -0.39 is 5.60 Å². The molecule has 0 spiro atoms. The number of ketones is 1. The predicted molar refractivity (Wildman–Crippen MR) is 199 cm³/mol. The first-order chi connectivity index (χ1) is 23.5. The molecular formula is C40H54N6O3. The summed E-state index contributed by atoms with van der Waals surface area (Å²) in [6.45, 7) is 10.6. The van der Waals surface area contributed by atoms with E-state index in [2.05, 4.69) is 81.1 Å². The van der Waals surface area contributed by atoms with Gasteiger partial charge in [0.15, 0.2) is 5.82 Å². The van der Waals surface area contributed by atoms with E-state index in [1.807, 2.05) is 34.9 Å². The number of rotatable bonds is 10. The van der Waals surface area contributed by atoms with Crippen LogP contribution in [0.4, 0.5) is 27.7 Å². The molecule has 3 aromatic rings. The second-order valence-corrected chi connectivity index (χ2v) is 15.2. The highest BCUT2D eigenvalue weighted by atomic mass is 16.6. The molecule has 2 aromatic carbocycles. The predicted octanol–water partition coefficient (Wildman–Crippen LogP) is 8.19. The summed E-state index contributed by atoms with van der Waals surface area (Å²) in [4.78, 5) is 36.8. The third-order valence-electron chi connectivity index (χ3n) is 10.7. The molecule has 9 nitrogen and oxygen atoms in total. The maximum absolute atomic E-state index is 13.0. The lowest BCUT2D eigenvalue weighted by Gasteiger charge is -2.49. The van der Waals surface area contributed by atoms with Gasteiger partial charge in [-0.1, -0.05) is 24.3 Å². The molecule has 2 saturated heterocycles. The first kappa shape index (κ1) is 34.7. The highest BCUT2D eigenvalue weighted by Crippen LogP contribution is 2.47. The van der Waals surface area contributed by atoms with E-state index in [-0.39, 0.29) is 11.6 Å². The van der Waals surface area contributed by atoms with Gasteiger partial charge in [0.2, 0.25) is 0 Å². The molecule has 2 aliphatic heterocycles. The zero-order chi connectivity index (χ0) is 34.8. The van der Waals surface area contributed by atoms with E-state index in [1.165, 1.54) is 12.1 Å². The van der Waals surface area contributed by atoms with Gasteiger partial charge in [0, 0.05) is 62.6 Å². The number of carbonyl (C=O) groups is 2. The molecule has 1 aromatic heterocycles. The minimum atomic E-state index is -0.537. The topological polar surface area (TPSA) is 90.0 Å². The van der Waals surface area contributed by atoms with Gasteiger partial charge in [-0.25, -0.2) is 9.78 Å². The number of hydrogen-bond donors (Lipinski definition) is 2. The number of benzene rings is 2. The summed E-state index contributed by atoms with van der Waals surface area (Å²) in [5.74, 6) is 1.06. The van der Waals surface area contributed by atoms with E-state index in [1.54, 1.807) is 11.8 Å². The Morgan fingerprint density at radius 3 is 2.35 bits per heavy atom. The van der Waals surface area contributed by atoms with E-state index >= 15 is 0 Å². The Hall–Kier alpha value is -4.11. The highest BCUT2D eigenvalue weighted by molar-refractivity contribution is 5.77. The third-order valence-corrected chi connectivity index (χ3v) is 10.7. The number of nitrogens with zero attached hydrogens (tertiary/aromatic N) is 4. The molecule has 3 aliphatic rings. The fourth-order valence-corrected chi connectivity index (χ4v) is 7.96. The number of nitrogens with one attached hydrogen (secondary N) is 2. The number of anilines is 4. The van der Waals surface area contributed by atoms with Crippen molar-refractivity contribution in [2.45, 2.75) is 102 Å². The van der Waals surface area contributed by atoms with Gasteiger partial charge in [-0.2, -0.15) is 0 Å². The maximum Gasteiger partial charge on any atom is 0.410 e. The number of amides is 1. The highest BCUT2D eigenvalue weighted by Gasteiger charge is 2.45. The standard InChI is InChI=1S/C40H54N6O3/c1-28(47)26-34-12-8-23-46(34)32-19-24-45(25-20-32)33-11-7-10-29(27-33)35-17-18-36(41-5)37(43-35)42-31-15-13-30(14-16-31)40(21-9-22-40)44(6)38(48)49-39(2,3)4/h7,10-11,13-18,27,32,34,41H,8-9,12,19-26H2,1-6H3,(H,42,43)/t34-/m0/s1. The normalized spacial score (nSPS) is 19.6. The van der Waals surface area contributed by atoms with Crippen molar-refractivity contribution < 1.29 is 14.3 Å². The van der Waals surface area contributed by atoms with Crippen molar-refractivity contribution in [3.05, 3.63) is 66.2 Å². The average Bonchev–Trinajstić information content (AvgIpc) is 3.51. The summed E-state index contributed by atoms with van der Waals surface area (Å²) in [6, 6.07) is 22.2. The van der Waals surface area contributed by atoms with Crippen LogP contribution in [0.1, 0.15) is 84.6 Å². The van der Waals surface area contributed by atoms with Gasteiger partial charge in [-0.3, -0.25) is 9.69 Å². The van der Waals surface area contributed by atoms with Gasteiger partial charge in [-0.05, 0) is 121 Å². The van der Waals surface area contributed by atoms with Crippen molar-refractivity contribution >= 4 is 34.8 Å². The molecule has 1 atom stereocenters. The van der Waals surface area contributed by atoms with Gasteiger partial charge >= 0.3 is 6.09 Å². The smallest absolute Gasteiger partial charge is 0.410 e. The average molecular weight is 667 g/mol. The Balaban J connectivity index is 1.14. The third kappa shape index (κ3) is 7.72. The molecule has 6 rings (SSSR count). The molecule has 3 heterocycles. The van der Waals surface area contributed by atoms with Crippen LogP contribution in [0.25, 0.3) is 11.3 Å². The maximum atomic E-state index is 13.0. The summed E-state index contributed by atoms with van der Waals surface area (Å²) in [7, 11) is 3.76. The van der Waals surface area contributed by atoms with Gasteiger partial charge in [0.25, 0.3) is 0 Å². The molecule has 3 fully saturated rings. The van der Waals surface area contributed by atoms with Crippen LogP contribution in [0.3, 0.4) is 0 Å². The van der Waals surface area contributed by atoms with Crippen LogP contribution >= 0.6 is 0 Å². The summed E-state index contributed by atoms with van der Waals surface area (Å²) >= 11 is 0. The molecule has 49 heavy (non-hydrogen) atoms. The fourth-order valence-electron chi connectivity index (χ4n) is 7.96. The molecule has 262 valence electrons. The quantitative estimate of drug-likeness (QED) is 0.224. The van der Waals surface area contributed by atoms with E-state index in [0.29, 0.717) is 24.3 Å². The monoisotopic (exact) mass is 666 g/mol. The molecule has 9 heteroatoms. The molecule has 0 radical (unpaired) electrons. The lowest BCUT2D eigenvalue weighted by Crippen LogP contribution is -2.53. The van der Waals surface area contributed by atoms with Crippen molar-refractivity contribution in [3.63, 3.8) is 0 Å². The van der Waals surface area contributed by atoms with Crippen LogP contribution in [0.2, 0.25) is 0 Å². The molecule has 1 saturated carbocycles. The lowest BCUT2D eigenvalue weighted by molar-refractivity contribution is -0.118. The molecule has 1 aliphatic carbocycles. The Morgan fingerprint density at radius 2 is 1.71 bits per heavy atom. The van der Waals surface area contributed by atoms with Gasteiger partial charge in [0.05, 0.1) is 16.9 Å². The summed E-state index contributed by atoms with van der Waals surface area (Å²) < 4.78 is 5.70. The Morgan fingerprint density at radius 1 is 0.980 bits per heavy atom. The van der Waals surface area contributed by atoms with Crippen molar-refractivity contribution in [1.29, 1.82) is 0 Å². The SMILES string of the molecule is CNc1ccc(-c2cccc(N3CCC(N4CCC[C@H]4CC(C)=O)CC3)c2)nc1Nc1ccc(C2(N(C)C(=O)OC(C)(C)C)CCC2)cc1. The molecule has 2 N–H and O–H groups in total. The van der Waals surface area contributed by atoms with Crippen LogP contribution in [0.15, 0.2) is 60.7 Å². The Kier molecular flexibility index (Phi) is 10.2. The Labute approximate surface area is 292 Å². The molecule has 0 unspecified atom stereocenters. The Bertz CT molecular complexity index is 1620. The minimum Gasteiger partial charge on any atom is -0.444 e. The van der Waals surface area contributed by atoms with Crippen molar-refractivity contribution in [2.75, 3.05) is 49.3 Å². The van der Waals surface area contributed by atoms with Crippen LogP contribution in [0, 0.1) is 0 Å². The van der Waals surface area contributed by atoms with E-state index in [4.69, 9.17) is 9.72 Å². The summed E-state index contributed by atoms with van der Waals surface area (Å²) in [6.07, 6.45) is 7.92. The van der Waals surface area contributed by atoms with Crippen LogP contribution < -0.4 is 15.5 Å². The largest absolute Gasteiger partial charge is 0.444 e. The summed E-state index contributed by atoms with van der Waals surface area (Å²) in [5, 5.41) is 6.83. The number of ether oxygens (including phenoxy) is 1. The number of pyridine rings is 1. The number of hydrogen-bond acceptors (Lipinski definition) is 8. The first-order valence-corrected chi connectivity index (χ1v) is 18.1. The molecular weight excluding hydrogens is 612 g/mol. The molecule has 0 bridgehead atoms. The van der Waals surface area contributed by atoms with Gasteiger partial charge in [0.1, 0.15) is 11.4 Å². The van der Waals surface area contributed by atoms with Crippen molar-refractivity contribution in [2.24, 2.45) is 0 Å². The second kappa shape index (κ2) is 14.4. The van der Waals surface area contributed by atoms with Crippen molar-refractivity contribution in [3.8, 4) is 11.3 Å². The second-order valence-electron chi connectivity index (χ2n) is 15.2. The number of aromatic nitrogens is 1. The number of carbonyl (C=O) groups excluding carboxylic acids is 2. The van der Waals surface area contributed by atoms with Crippen LogP contribution in [0.5, 0.6) is 0 Å². The fraction of sp³-hybridized carbons (Fsp3) is 0.525. The van der Waals surface area contributed by atoms with E-state index in [9.17, 15) is 9.59 Å². The van der Waals surface area contributed by atoms with Crippen LogP contribution in [-0.2, 0) is 15.1 Å². The van der Waals surface area contributed by atoms with E-state index in [0.717, 1.165) is 92.2 Å². The molecule has 1 amide bonds. The lowest BCUT2D eigenvalue weighted by atomic mass is 9.71. The number of piperidine rings is 1.